The topological polar surface area (TPSA) is 58.2 Å². The molecule has 1 aromatic carbocycles. The zero-order chi connectivity index (χ0) is 13.0. The lowest BCUT2D eigenvalue weighted by atomic mass is 9.99. The van der Waals surface area contributed by atoms with Crippen LogP contribution in [0.15, 0.2) is 18.2 Å². The Hall–Kier alpha value is -1.07. The number of nitrogens with one attached hydrogen (secondary N) is 2. The summed E-state index contributed by atoms with van der Waals surface area (Å²) in [6.07, 6.45) is 2.84. The average molecular weight is 268 g/mol. The number of sulfonamides is 1. The molecule has 5 heteroatoms. The molecule has 1 aromatic rings. The normalized spacial score (nSPS) is 14.9. The monoisotopic (exact) mass is 268 g/mol. The molecule has 0 bridgehead atoms. The summed E-state index contributed by atoms with van der Waals surface area (Å²) in [5, 5.41) is 3.36. The maximum Gasteiger partial charge on any atom is 0.211 e. The lowest BCUT2D eigenvalue weighted by Crippen LogP contribution is -2.26. The van der Waals surface area contributed by atoms with E-state index >= 15 is 0 Å². The number of fused-ring (bicyclic) bond motifs is 1. The Labute approximate surface area is 109 Å². The van der Waals surface area contributed by atoms with Gasteiger partial charge in [-0.15, -0.1) is 0 Å². The first-order chi connectivity index (χ1) is 8.62. The van der Waals surface area contributed by atoms with Crippen LogP contribution in [0.4, 0.5) is 5.69 Å². The molecule has 0 saturated carbocycles. The number of para-hydroxylation sites is 1. The van der Waals surface area contributed by atoms with Gasteiger partial charge in [-0.3, -0.25) is 0 Å². The molecule has 0 fully saturated rings. The van der Waals surface area contributed by atoms with Crippen LogP contribution in [0.3, 0.4) is 0 Å². The van der Waals surface area contributed by atoms with Crippen molar-refractivity contribution in [3.63, 3.8) is 0 Å². The molecular formula is C13H20N2O2S. The second kappa shape index (κ2) is 5.71. The van der Waals surface area contributed by atoms with Crippen LogP contribution in [0.5, 0.6) is 0 Å². The summed E-state index contributed by atoms with van der Waals surface area (Å²) < 4.78 is 25.9. The van der Waals surface area contributed by atoms with E-state index in [4.69, 9.17) is 0 Å². The van der Waals surface area contributed by atoms with E-state index in [1.165, 1.54) is 5.56 Å². The molecule has 0 spiro atoms. The number of hydrogen-bond acceptors (Lipinski definition) is 3. The highest BCUT2D eigenvalue weighted by atomic mass is 32.2. The molecule has 0 aromatic heterocycles. The van der Waals surface area contributed by atoms with E-state index in [2.05, 4.69) is 16.1 Å². The fourth-order valence-corrected chi connectivity index (χ4v) is 3.31. The van der Waals surface area contributed by atoms with Gasteiger partial charge in [0.05, 0.1) is 5.75 Å². The highest BCUT2D eigenvalue weighted by Gasteiger charge is 2.14. The van der Waals surface area contributed by atoms with E-state index in [1.54, 1.807) is 0 Å². The van der Waals surface area contributed by atoms with Crippen LogP contribution in [0.1, 0.15) is 30.9 Å². The minimum absolute atomic E-state index is 0.190. The van der Waals surface area contributed by atoms with Gasteiger partial charge < -0.3 is 5.32 Å². The predicted molar refractivity (Wildman–Crippen MR) is 74.2 cm³/mol. The van der Waals surface area contributed by atoms with Crippen molar-refractivity contribution >= 4 is 15.7 Å². The Balaban J connectivity index is 2.10. The van der Waals surface area contributed by atoms with Gasteiger partial charge in [0.15, 0.2) is 0 Å². The average Bonchev–Trinajstić information content (AvgIpc) is 2.36. The lowest BCUT2D eigenvalue weighted by molar-refractivity contribution is 0.580. The van der Waals surface area contributed by atoms with E-state index in [0.29, 0.717) is 13.0 Å². The van der Waals surface area contributed by atoms with Crippen molar-refractivity contribution in [2.75, 3.05) is 17.6 Å². The Kier molecular flexibility index (Phi) is 4.24. The van der Waals surface area contributed by atoms with Gasteiger partial charge in [0.1, 0.15) is 0 Å². The van der Waals surface area contributed by atoms with Gasteiger partial charge in [-0.2, -0.15) is 0 Å². The lowest BCUT2D eigenvalue weighted by Gasteiger charge is -2.21. The van der Waals surface area contributed by atoms with Gasteiger partial charge in [0, 0.05) is 18.8 Å². The number of hydrogen-bond donors (Lipinski definition) is 2. The molecule has 2 N–H and O–H groups in total. The van der Waals surface area contributed by atoms with E-state index in [1.807, 2.05) is 19.1 Å². The smallest absolute Gasteiger partial charge is 0.211 e. The number of rotatable bonds is 5. The first-order valence-corrected chi connectivity index (χ1v) is 8.09. The van der Waals surface area contributed by atoms with Gasteiger partial charge in [-0.25, -0.2) is 13.1 Å². The van der Waals surface area contributed by atoms with Crippen LogP contribution in [0.2, 0.25) is 0 Å². The summed E-state index contributed by atoms with van der Waals surface area (Å²) in [4.78, 5) is 0. The first kappa shape index (κ1) is 13.4. The maximum absolute atomic E-state index is 11.6. The summed E-state index contributed by atoms with van der Waals surface area (Å²) in [7, 11) is -3.13. The molecule has 1 aliphatic rings. The van der Waals surface area contributed by atoms with E-state index < -0.39 is 10.0 Å². The number of benzene rings is 1. The molecule has 2 rings (SSSR count). The Bertz CT molecular complexity index is 512. The van der Waals surface area contributed by atoms with Crippen LogP contribution >= 0.6 is 0 Å². The minimum Gasteiger partial charge on any atom is -0.385 e. The van der Waals surface area contributed by atoms with E-state index in [-0.39, 0.29) is 5.75 Å². The largest absolute Gasteiger partial charge is 0.385 e. The molecule has 0 radical (unpaired) electrons. The van der Waals surface area contributed by atoms with Gasteiger partial charge in [0.2, 0.25) is 10.0 Å². The summed E-state index contributed by atoms with van der Waals surface area (Å²) in [5.74, 6) is 0.190. The fraction of sp³-hybridized carbons (Fsp3) is 0.538. The van der Waals surface area contributed by atoms with Crippen LogP contribution in [0.25, 0.3) is 0 Å². The van der Waals surface area contributed by atoms with Gasteiger partial charge in [-0.05, 0) is 30.4 Å². The van der Waals surface area contributed by atoms with Crippen molar-refractivity contribution < 1.29 is 8.42 Å². The number of aryl methyl sites for hydroxylation is 1. The third kappa shape index (κ3) is 3.23. The predicted octanol–water partition coefficient (Wildman–Crippen LogP) is 1.87. The molecule has 0 atom stereocenters. The summed E-state index contributed by atoms with van der Waals surface area (Å²) >= 11 is 0. The van der Waals surface area contributed by atoms with Crippen LogP contribution in [-0.4, -0.2) is 20.7 Å². The fourth-order valence-electron chi connectivity index (χ4n) is 2.26. The Morgan fingerprint density at radius 2 is 2.22 bits per heavy atom. The Morgan fingerprint density at radius 3 is 3.00 bits per heavy atom. The highest BCUT2D eigenvalue weighted by Crippen LogP contribution is 2.25. The standard InChI is InChI=1S/C13H20N2O2S/c1-2-9-18(16,17)15-10-12-6-3-5-11-7-4-8-14-13(11)12/h3,5-6,14-15H,2,4,7-10H2,1H3. The van der Waals surface area contributed by atoms with Gasteiger partial charge in [-0.1, -0.05) is 25.1 Å². The first-order valence-electron chi connectivity index (χ1n) is 6.44. The Morgan fingerprint density at radius 1 is 1.39 bits per heavy atom. The van der Waals surface area contributed by atoms with E-state index in [9.17, 15) is 8.42 Å². The van der Waals surface area contributed by atoms with Crippen molar-refractivity contribution in [2.45, 2.75) is 32.7 Å². The second-order valence-corrected chi connectivity index (χ2v) is 6.55. The van der Waals surface area contributed by atoms with E-state index in [0.717, 1.165) is 30.6 Å². The summed E-state index contributed by atoms with van der Waals surface area (Å²) in [5.41, 5.74) is 3.43. The molecule has 4 nitrogen and oxygen atoms in total. The summed E-state index contributed by atoms with van der Waals surface area (Å²) in [6.45, 7) is 3.20. The molecule has 0 saturated heterocycles. The highest BCUT2D eigenvalue weighted by molar-refractivity contribution is 7.89. The molecule has 0 aliphatic carbocycles. The van der Waals surface area contributed by atoms with Crippen molar-refractivity contribution in [1.29, 1.82) is 0 Å². The van der Waals surface area contributed by atoms with Crippen LogP contribution in [0, 0.1) is 0 Å². The molecule has 100 valence electrons. The molecule has 0 unspecified atom stereocenters. The zero-order valence-corrected chi connectivity index (χ0v) is 11.5. The third-order valence-electron chi connectivity index (χ3n) is 3.12. The molecule has 0 amide bonds. The minimum atomic E-state index is -3.13. The van der Waals surface area contributed by atoms with Crippen molar-refractivity contribution in [2.24, 2.45) is 0 Å². The van der Waals surface area contributed by atoms with Crippen molar-refractivity contribution in [3.8, 4) is 0 Å². The van der Waals surface area contributed by atoms with Crippen LogP contribution < -0.4 is 10.0 Å². The van der Waals surface area contributed by atoms with Gasteiger partial charge >= 0.3 is 0 Å². The van der Waals surface area contributed by atoms with Crippen molar-refractivity contribution in [3.05, 3.63) is 29.3 Å². The van der Waals surface area contributed by atoms with Crippen LogP contribution in [-0.2, 0) is 23.0 Å². The third-order valence-corrected chi connectivity index (χ3v) is 4.65. The quantitative estimate of drug-likeness (QED) is 0.857. The maximum atomic E-state index is 11.6. The second-order valence-electron chi connectivity index (χ2n) is 4.62. The molecule has 1 aliphatic heterocycles. The molecule has 18 heavy (non-hydrogen) atoms. The number of anilines is 1. The van der Waals surface area contributed by atoms with Gasteiger partial charge in [0.25, 0.3) is 0 Å². The molecule has 1 heterocycles. The van der Waals surface area contributed by atoms with Crippen molar-refractivity contribution in [1.82, 2.24) is 4.72 Å². The summed E-state index contributed by atoms with van der Waals surface area (Å²) in [6, 6.07) is 6.08. The zero-order valence-electron chi connectivity index (χ0n) is 10.7. The molecular weight excluding hydrogens is 248 g/mol. The SMILES string of the molecule is CCCS(=O)(=O)NCc1cccc2c1NCCC2.